The Morgan fingerprint density at radius 3 is 2.77 bits per heavy atom. The summed E-state index contributed by atoms with van der Waals surface area (Å²) in [5.41, 5.74) is 12.9. The monoisotopic (exact) mass is 389 g/mol. The van der Waals surface area contributed by atoms with E-state index < -0.39 is 0 Å². The minimum absolute atomic E-state index is 0.0998. The predicted octanol–water partition coefficient (Wildman–Crippen LogP) is 3.06. The summed E-state index contributed by atoms with van der Waals surface area (Å²) in [4.78, 5) is 12.8. The minimum Gasteiger partial charge on any atom is -0.382 e. The SMILES string of the molecule is CC1(N)CCN(c2ncc(Sc3ccnc(N)c3Cl)c3cn[nH]c23)CC1. The summed E-state index contributed by atoms with van der Waals surface area (Å²) in [6.07, 6.45) is 7.20. The van der Waals surface area contributed by atoms with Gasteiger partial charge in [0, 0.05) is 46.2 Å². The molecule has 7 nitrogen and oxygen atoms in total. The molecule has 0 spiro atoms. The standard InChI is InChI=1S/C17H20ClN7S/c1-17(20)3-6-25(7-4-17)16-14-10(8-23-24-14)12(9-22-16)26-11-2-5-21-15(19)13(11)18/h2,5,8-9H,3-4,6-7,20H2,1H3,(H2,19,21)(H,23,24). The van der Waals surface area contributed by atoms with Crippen LogP contribution in [0.15, 0.2) is 34.4 Å². The van der Waals surface area contributed by atoms with Gasteiger partial charge in [-0.3, -0.25) is 5.10 Å². The Morgan fingerprint density at radius 1 is 1.23 bits per heavy atom. The molecule has 0 unspecified atom stereocenters. The molecule has 4 heterocycles. The number of nitrogens with one attached hydrogen (secondary N) is 1. The molecule has 26 heavy (non-hydrogen) atoms. The Morgan fingerprint density at radius 2 is 2.00 bits per heavy atom. The molecule has 1 fully saturated rings. The molecule has 1 aliphatic rings. The van der Waals surface area contributed by atoms with Crippen LogP contribution in [-0.2, 0) is 0 Å². The lowest BCUT2D eigenvalue weighted by molar-refractivity contribution is 0.363. The first-order chi connectivity index (χ1) is 12.4. The van der Waals surface area contributed by atoms with Gasteiger partial charge in [-0.2, -0.15) is 5.10 Å². The first kappa shape index (κ1) is 17.4. The zero-order valence-electron chi connectivity index (χ0n) is 14.4. The highest BCUT2D eigenvalue weighted by molar-refractivity contribution is 7.99. The molecule has 4 rings (SSSR count). The van der Waals surface area contributed by atoms with Crippen molar-refractivity contribution < 1.29 is 0 Å². The Bertz CT molecular complexity index is 945. The molecule has 0 bridgehead atoms. The van der Waals surface area contributed by atoms with Crippen LogP contribution in [0.3, 0.4) is 0 Å². The molecule has 3 aromatic heterocycles. The number of anilines is 2. The fourth-order valence-corrected chi connectivity index (χ4v) is 4.24. The van der Waals surface area contributed by atoms with Crippen LogP contribution in [0.1, 0.15) is 19.8 Å². The summed E-state index contributed by atoms with van der Waals surface area (Å²) in [6.45, 7) is 3.87. The van der Waals surface area contributed by atoms with Gasteiger partial charge in [0.05, 0.1) is 11.2 Å². The van der Waals surface area contributed by atoms with E-state index in [0.717, 1.165) is 52.4 Å². The maximum atomic E-state index is 6.28. The lowest BCUT2D eigenvalue weighted by Crippen LogP contribution is -2.48. The Labute approximate surface area is 160 Å². The number of fused-ring (bicyclic) bond motifs is 1. The van der Waals surface area contributed by atoms with Gasteiger partial charge in [0.2, 0.25) is 0 Å². The number of rotatable bonds is 3. The van der Waals surface area contributed by atoms with E-state index in [-0.39, 0.29) is 5.54 Å². The minimum atomic E-state index is -0.0998. The first-order valence-electron chi connectivity index (χ1n) is 8.38. The second kappa shape index (κ2) is 6.61. The topological polar surface area (TPSA) is 110 Å². The fourth-order valence-electron chi connectivity index (χ4n) is 3.09. The second-order valence-corrected chi connectivity index (χ2v) is 8.32. The van der Waals surface area contributed by atoms with Crippen LogP contribution in [-0.4, -0.2) is 38.8 Å². The van der Waals surface area contributed by atoms with Gasteiger partial charge in [-0.1, -0.05) is 23.4 Å². The normalized spacial score (nSPS) is 17.0. The van der Waals surface area contributed by atoms with Crippen LogP contribution in [0.2, 0.25) is 5.02 Å². The quantitative estimate of drug-likeness (QED) is 0.631. The van der Waals surface area contributed by atoms with E-state index in [0.29, 0.717) is 10.8 Å². The molecule has 0 saturated carbocycles. The van der Waals surface area contributed by atoms with Crippen LogP contribution >= 0.6 is 23.4 Å². The van der Waals surface area contributed by atoms with Crippen LogP contribution < -0.4 is 16.4 Å². The smallest absolute Gasteiger partial charge is 0.154 e. The summed E-state index contributed by atoms with van der Waals surface area (Å²) < 4.78 is 0. The summed E-state index contributed by atoms with van der Waals surface area (Å²) >= 11 is 7.78. The number of piperidine rings is 1. The van der Waals surface area contributed by atoms with Crippen LogP contribution in [0.5, 0.6) is 0 Å². The zero-order valence-corrected chi connectivity index (χ0v) is 15.9. The molecular formula is C17H20ClN7S. The van der Waals surface area contributed by atoms with E-state index in [9.17, 15) is 0 Å². The Balaban J connectivity index is 1.67. The van der Waals surface area contributed by atoms with Gasteiger partial charge in [-0.05, 0) is 25.8 Å². The molecule has 3 aromatic rings. The molecule has 0 atom stereocenters. The third-order valence-electron chi connectivity index (χ3n) is 4.74. The highest BCUT2D eigenvalue weighted by atomic mass is 35.5. The number of pyridine rings is 2. The lowest BCUT2D eigenvalue weighted by Gasteiger charge is -2.37. The summed E-state index contributed by atoms with van der Waals surface area (Å²) in [5, 5.41) is 8.78. The fraction of sp³-hybridized carbons (Fsp3) is 0.353. The van der Waals surface area contributed by atoms with Gasteiger partial charge in [0.1, 0.15) is 11.3 Å². The molecule has 136 valence electrons. The van der Waals surface area contributed by atoms with Crippen molar-refractivity contribution in [1.82, 2.24) is 20.2 Å². The van der Waals surface area contributed by atoms with E-state index >= 15 is 0 Å². The number of nitrogens with two attached hydrogens (primary N) is 2. The van der Waals surface area contributed by atoms with Crippen LogP contribution in [0.4, 0.5) is 11.6 Å². The highest BCUT2D eigenvalue weighted by Crippen LogP contribution is 2.39. The molecule has 0 amide bonds. The molecule has 1 aliphatic heterocycles. The van der Waals surface area contributed by atoms with Crippen LogP contribution in [0.25, 0.3) is 10.9 Å². The van der Waals surface area contributed by atoms with Crippen molar-refractivity contribution in [2.24, 2.45) is 5.73 Å². The van der Waals surface area contributed by atoms with Crippen molar-refractivity contribution >= 4 is 45.9 Å². The number of hydrogen-bond acceptors (Lipinski definition) is 7. The number of hydrogen-bond donors (Lipinski definition) is 3. The molecular weight excluding hydrogens is 370 g/mol. The lowest BCUT2D eigenvalue weighted by atomic mass is 9.91. The average molecular weight is 390 g/mol. The van der Waals surface area contributed by atoms with Crippen molar-refractivity contribution in [1.29, 1.82) is 0 Å². The van der Waals surface area contributed by atoms with Gasteiger partial charge < -0.3 is 16.4 Å². The molecule has 9 heteroatoms. The predicted molar refractivity (Wildman–Crippen MR) is 106 cm³/mol. The van der Waals surface area contributed by atoms with Crippen molar-refractivity contribution in [3.63, 3.8) is 0 Å². The molecule has 5 N–H and O–H groups in total. The number of aromatic amines is 1. The van der Waals surface area contributed by atoms with Gasteiger partial charge >= 0.3 is 0 Å². The molecule has 1 saturated heterocycles. The van der Waals surface area contributed by atoms with E-state index in [4.69, 9.17) is 28.1 Å². The van der Waals surface area contributed by atoms with Crippen molar-refractivity contribution in [3.8, 4) is 0 Å². The van der Waals surface area contributed by atoms with Crippen LogP contribution in [0, 0.1) is 0 Å². The maximum Gasteiger partial charge on any atom is 0.154 e. The van der Waals surface area contributed by atoms with Gasteiger partial charge in [0.15, 0.2) is 5.82 Å². The summed E-state index contributed by atoms with van der Waals surface area (Å²) in [7, 11) is 0. The Hall–Kier alpha value is -2.03. The van der Waals surface area contributed by atoms with Gasteiger partial charge in [-0.25, -0.2) is 9.97 Å². The van der Waals surface area contributed by atoms with E-state index in [2.05, 4.69) is 27.0 Å². The summed E-state index contributed by atoms with van der Waals surface area (Å²) in [6, 6.07) is 1.84. The third kappa shape index (κ3) is 3.20. The van der Waals surface area contributed by atoms with E-state index in [1.165, 1.54) is 11.8 Å². The van der Waals surface area contributed by atoms with E-state index in [1.54, 1.807) is 6.20 Å². The zero-order chi connectivity index (χ0) is 18.3. The van der Waals surface area contributed by atoms with Crippen molar-refractivity contribution in [2.45, 2.75) is 35.1 Å². The molecule has 0 radical (unpaired) electrons. The summed E-state index contributed by atoms with van der Waals surface area (Å²) in [5.74, 6) is 1.24. The number of aromatic nitrogens is 4. The molecule has 0 aliphatic carbocycles. The number of halogens is 1. The number of nitrogen functional groups attached to an aromatic ring is 1. The van der Waals surface area contributed by atoms with Gasteiger partial charge in [-0.15, -0.1) is 0 Å². The third-order valence-corrected chi connectivity index (χ3v) is 6.35. The number of nitrogens with zero attached hydrogens (tertiary/aromatic N) is 4. The Kier molecular flexibility index (Phi) is 4.42. The highest BCUT2D eigenvalue weighted by Gasteiger charge is 2.28. The van der Waals surface area contributed by atoms with Crippen molar-refractivity contribution in [3.05, 3.63) is 29.7 Å². The largest absolute Gasteiger partial charge is 0.382 e. The first-order valence-corrected chi connectivity index (χ1v) is 9.58. The number of H-pyrrole nitrogens is 1. The average Bonchev–Trinajstić information content (AvgIpc) is 3.10. The van der Waals surface area contributed by atoms with Gasteiger partial charge in [0.25, 0.3) is 0 Å². The van der Waals surface area contributed by atoms with E-state index in [1.807, 2.05) is 18.5 Å². The second-order valence-electron chi connectivity index (χ2n) is 6.86. The van der Waals surface area contributed by atoms with Crippen molar-refractivity contribution in [2.75, 3.05) is 23.7 Å². The maximum absolute atomic E-state index is 6.28. The molecule has 0 aromatic carbocycles.